The molecule has 112 valence electrons. The van der Waals surface area contributed by atoms with Gasteiger partial charge in [0.2, 0.25) is 0 Å². The minimum absolute atomic E-state index is 0.399. The first-order chi connectivity index (χ1) is 9.97. The Morgan fingerprint density at radius 1 is 1.38 bits per heavy atom. The predicted molar refractivity (Wildman–Crippen MR) is 79.5 cm³/mol. The van der Waals surface area contributed by atoms with Gasteiger partial charge in [-0.25, -0.2) is 4.79 Å². The third-order valence-electron chi connectivity index (χ3n) is 3.38. The molecule has 6 nitrogen and oxygen atoms in total. The molecule has 2 aromatic rings. The highest BCUT2D eigenvalue weighted by molar-refractivity contribution is 5.89. The monoisotopic (exact) mass is 289 g/mol. The number of aromatic nitrogens is 2. The molecular weight excluding hydrogens is 270 g/mol. The number of carbonyl (C=O) groups excluding carboxylic acids is 1. The second-order valence-electron chi connectivity index (χ2n) is 4.82. The number of carbonyl (C=O) groups is 1. The van der Waals surface area contributed by atoms with Gasteiger partial charge in [-0.3, -0.25) is 4.98 Å². The Bertz CT molecular complexity index is 677. The lowest BCUT2D eigenvalue weighted by molar-refractivity contribution is 0.0589. The maximum Gasteiger partial charge on any atom is 0.354 e. The number of ether oxygens (including phenoxy) is 2. The lowest BCUT2D eigenvalue weighted by Crippen LogP contribution is -2.12. The first-order valence-corrected chi connectivity index (χ1v) is 6.51. The summed E-state index contributed by atoms with van der Waals surface area (Å²) >= 11 is 0. The fourth-order valence-corrected chi connectivity index (χ4v) is 2.33. The Morgan fingerprint density at radius 2 is 2.10 bits per heavy atom. The number of anilines is 1. The number of nitrogens with two attached hydrogens (primary N) is 1. The summed E-state index contributed by atoms with van der Waals surface area (Å²) in [5, 5.41) is 0. The summed E-state index contributed by atoms with van der Waals surface area (Å²) in [5.41, 5.74) is 9.41. The average molecular weight is 289 g/mol. The highest BCUT2D eigenvalue weighted by Gasteiger charge is 2.16. The van der Waals surface area contributed by atoms with Crippen LogP contribution in [0.2, 0.25) is 0 Å². The van der Waals surface area contributed by atoms with Crippen molar-refractivity contribution in [2.75, 3.05) is 20.0 Å². The van der Waals surface area contributed by atoms with Crippen LogP contribution in [0.15, 0.2) is 18.5 Å². The van der Waals surface area contributed by atoms with Crippen LogP contribution >= 0.6 is 0 Å². The van der Waals surface area contributed by atoms with Crippen LogP contribution in [0.4, 0.5) is 5.69 Å². The molecule has 0 bridgehead atoms. The second kappa shape index (κ2) is 5.87. The molecule has 2 heterocycles. The van der Waals surface area contributed by atoms with Gasteiger partial charge in [-0.2, -0.15) is 0 Å². The summed E-state index contributed by atoms with van der Waals surface area (Å²) in [6, 6.07) is 1.59. The highest BCUT2D eigenvalue weighted by Crippen LogP contribution is 2.25. The van der Waals surface area contributed by atoms with E-state index in [1.165, 1.54) is 7.11 Å². The van der Waals surface area contributed by atoms with Crippen LogP contribution in [-0.2, 0) is 11.3 Å². The molecule has 0 atom stereocenters. The molecule has 0 fully saturated rings. The van der Waals surface area contributed by atoms with Crippen LogP contribution in [0.5, 0.6) is 5.75 Å². The topological polar surface area (TPSA) is 79.4 Å². The van der Waals surface area contributed by atoms with E-state index < -0.39 is 5.97 Å². The van der Waals surface area contributed by atoms with E-state index in [1.54, 1.807) is 30.1 Å². The van der Waals surface area contributed by atoms with Gasteiger partial charge in [0.15, 0.2) is 0 Å². The summed E-state index contributed by atoms with van der Waals surface area (Å²) in [6.07, 6.45) is 3.45. The average Bonchev–Trinajstić information content (AvgIpc) is 2.82. The summed E-state index contributed by atoms with van der Waals surface area (Å²) < 4.78 is 11.9. The van der Waals surface area contributed by atoms with Crippen LogP contribution in [0.25, 0.3) is 0 Å². The summed E-state index contributed by atoms with van der Waals surface area (Å²) in [7, 11) is 2.97. The normalized spacial score (nSPS) is 10.5. The number of aryl methyl sites for hydroxylation is 1. The second-order valence-corrected chi connectivity index (χ2v) is 4.82. The van der Waals surface area contributed by atoms with Gasteiger partial charge in [0.1, 0.15) is 11.4 Å². The number of hydrogen-bond acceptors (Lipinski definition) is 5. The molecule has 0 aromatic carbocycles. The molecule has 0 unspecified atom stereocenters. The number of nitrogen functional groups attached to an aromatic ring is 1. The van der Waals surface area contributed by atoms with Crippen LogP contribution in [0.3, 0.4) is 0 Å². The number of hydrogen-bond donors (Lipinski definition) is 1. The first-order valence-electron chi connectivity index (χ1n) is 6.51. The molecular formula is C15H19N3O3. The van der Waals surface area contributed by atoms with Gasteiger partial charge >= 0.3 is 5.97 Å². The lowest BCUT2D eigenvalue weighted by atomic mass is 10.1. The Kier molecular flexibility index (Phi) is 4.16. The Labute approximate surface area is 123 Å². The largest absolute Gasteiger partial charge is 0.496 e. The molecule has 0 saturated heterocycles. The molecule has 21 heavy (non-hydrogen) atoms. The van der Waals surface area contributed by atoms with Crippen LogP contribution in [-0.4, -0.2) is 29.7 Å². The van der Waals surface area contributed by atoms with Gasteiger partial charge < -0.3 is 19.8 Å². The van der Waals surface area contributed by atoms with Gasteiger partial charge in [-0.1, -0.05) is 0 Å². The van der Waals surface area contributed by atoms with E-state index in [9.17, 15) is 4.79 Å². The van der Waals surface area contributed by atoms with E-state index in [-0.39, 0.29) is 0 Å². The first kappa shape index (κ1) is 14.9. The third kappa shape index (κ3) is 2.84. The van der Waals surface area contributed by atoms with E-state index in [2.05, 4.69) is 4.98 Å². The molecule has 0 aliphatic rings. The third-order valence-corrected chi connectivity index (χ3v) is 3.38. The van der Waals surface area contributed by atoms with E-state index in [4.69, 9.17) is 15.2 Å². The molecule has 2 rings (SSSR count). The molecule has 2 aromatic heterocycles. The van der Waals surface area contributed by atoms with Gasteiger partial charge in [0.25, 0.3) is 0 Å². The lowest BCUT2D eigenvalue weighted by Gasteiger charge is -2.13. The van der Waals surface area contributed by atoms with Crippen LogP contribution < -0.4 is 10.5 Å². The van der Waals surface area contributed by atoms with Crippen molar-refractivity contribution in [2.24, 2.45) is 0 Å². The van der Waals surface area contributed by atoms with E-state index in [0.717, 1.165) is 22.6 Å². The number of esters is 1. The van der Waals surface area contributed by atoms with Crippen molar-refractivity contribution >= 4 is 11.7 Å². The number of methoxy groups -OCH3 is 2. The molecule has 0 saturated carbocycles. The number of rotatable bonds is 4. The van der Waals surface area contributed by atoms with E-state index in [1.807, 2.05) is 13.8 Å². The standard InChI is InChI=1S/C15H19N3O3/c1-9-6-17-12(10(2)14(9)20-3)8-18-7-11(16)5-13(18)15(19)21-4/h5-7H,8,16H2,1-4H3. The number of nitrogens with zero attached hydrogens (tertiary/aromatic N) is 2. The molecule has 0 amide bonds. The molecule has 0 spiro atoms. The fourth-order valence-electron chi connectivity index (χ4n) is 2.33. The zero-order valence-corrected chi connectivity index (χ0v) is 12.6. The zero-order chi connectivity index (χ0) is 15.6. The maximum absolute atomic E-state index is 11.8. The molecule has 0 aliphatic heterocycles. The van der Waals surface area contributed by atoms with E-state index >= 15 is 0 Å². The summed E-state index contributed by atoms with van der Waals surface area (Å²) in [6.45, 7) is 4.30. The van der Waals surface area contributed by atoms with E-state index in [0.29, 0.717) is 17.9 Å². The SMILES string of the molecule is COC(=O)c1cc(N)cn1Cc1ncc(C)c(OC)c1C. The fraction of sp³-hybridized carbons (Fsp3) is 0.333. The van der Waals surface area contributed by atoms with Gasteiger partial charge in [-0.05, 0) is 19.9 Å². The smallest absolute Gasteiger partial charge is 0.354 e. The zero-order valence-electron chi connectivity index (χ0n) is 12.6. The van der Waals surface area contributed by atoms with Gasteiger partial charge in [-0.15, -0.1) is 0 Å². The van der Waals surface area contributed by atoms with Crippen molar-refractivity contribution in [3.63, 3.8) is 0 Å². The predicted octanol–water partition coefficient (Wildman–Crippen LogP) is 1.93. The van der Waals surface area contributed by atoms with Crippen molar-refractivity contribution < 1.29 is 14.3 Å². The molecule has 2 N–H and O–H groups in total. The molecule has 6 heteroatoms. The minimum Gasteiger partial charge on any atom is -0.496 e. The van der Waals surface area contributed by atoms with Crippen molar-refractivity contribution in [2.45, 2.75) is 20.4 Å². The summed E-state index contributed by atoms with van der Waals surface area (Å²) in [4.78, 5) is 16.2. The van der Waals surface area contributed by atoms with Gasteiger partial charge in [0.05, 0.1) is 32.1 Å². The molecule has 0 aliphatic carbocycles. The van der Waals surface area contributed by atoms with Gasteiger partial charge in [0, 0.05) is 23.5 Å². The Hall–Kier alpha value is -2.50. The van der Waals surface area contributed by atoms with Crippen LogP contribution in [0.1, 0.15) is 27.3 Å². The maximum atomic E-state index is 11.8. The summed E-state index contributed by atoms with van der Waals surface area (Å²) in [5.74, 6) is 0.378. The Morgan fingerprint density at radius 3 is 2.71 bits per heavy atom. The molecule has 0 radical (unpaired) electrons. The van der Waals surface area contributed by atoms with Crippen molar-refractivity contribution in [1.82, 2.24) is 9.55 Å². The van der Waals surface area contributed by atoms with Crippen molar-refractivity contribution in [3.05, 3.63) is 41.0 Å². The quantitative estimate of drug-likeness (QED) is 0.870. The Balaban J connectivity index is 2.41. The number of pyridine rings is 1. The minimum atomic E-state index is -0.427. The highest BCUT2D eigenvalue weighted by atomic mass is 16.5. The van der Waals surface area contributed by atoms with Crippen molar-refractivity contribution in [3.8, 4) is 5.75 Å². The van der Waals surface area contributed by atoms with Crippen LogP contribution in [0, 0.1) is 13.8 Å². The van der Waals surface area contributed by atoms with Crippen molar-refractivity contribution in [1.29, 1.82) is 0 Å².